The van der Waals surface area contributed by atoms with E-state index in [2.05, 4.69) is 14.8 Å². The Morgan fingerprint density at radius 2 is 1.76 bits per heavy atom. The van der Waals surface area contributed by atoms with Crippen LogP contribution < -0.4 is 0 Å². The second kappa shape index (κ2) is 7.33. The van der Waals surface area contributed by atoms with Crippen molar-refractivity contribution in [2.75, 3.05) is 26.2 Å². The van der Waals surface area contributed by atoms with Crippen molar-refractivity contribution in [3.63, 3.8) is 0 Å². The number of aryl methyl sites for hydroxylation is 2. The molecule has 2 aromatic rings. The molecule has 134 valence electrons. The van der Waals surface area contributed by atoms with Crippen LogP contribution in [0.3, 0.4) is 0 Å². The molecule has 1 aromatic carbocycles. The van der Waals surface area contributed by atoms with Gasteiger partial charge in [-0.15, -0.1) is 0 Å². The molecule has 1 aliphatic rings. The smallest absolute Gasteiger partial charge is 0.272 e. The van der Waals surface area contributed by atoms with Gasteiger partial charge in [-0.2, -0.15) is 0 Å². The van der Waals surface area contributed by atoms with Gasteiger partial charge in [0.15, 0.2) is 0 Å². The second-order valence-corrected chi connectivity index (χ2v) is 6.62. The molecule has 7 nitrogen and oxygen atoms in total. The Morgan fingerprint density at radius 3 is 2.32 bits per heavy atom. The maximum atomic E-state index is 11.1. The molecule has 1 aromatic heterocycles. The average molecular weight is 344 g/mol. The highest BCUT2D eigenvalue weighted by Gasteiger charge is 2.21. The summed E-state index contributed by atoms with van der Waals surface area (Å²) in [5.74, 6) is 1.66. The van der Waals surface area contributed by atoms with Gasteiger partial charge in [-0.1, -0.05) is 12.1 Å². The van der Waals surface area contributed by atoms with Crippen LogP contribution in [0.1, 0.15) is 28.5 Å². The summed E-state index contributed by atoms with van der Waals surface area (Å²) in [6.45, 7) is 10.9. The maximum Gasteiger partial charge on any atom is 0.272 e. The minimum absolute atomic E-state index is 0.200. The summed E-state index contributed by atoms with van der Waals surface area (Å²) in [4.78, 5) is 19.9. The summed E-state index contributed by atoms with van der Waals surface area (Å²) in [5.41, 5.74) is 2.95. The fraction of sp³-hybridized carbons (Fsp3) is 0.500. The molecule has 7 heteroatoms. The molecular formula is C18H24N4O3. The van der Waals surface area contributed by atoms with Crippen molar-refractivity contribution in [3.05, 3.63) is 56.8 Å². The molecule has 0 atom stereocenters. The summed E-state index contributed by atoms with van der Waals surface area (Å²) in [6, 6.07) is 5.31. The van der Waals surface area contributed by atoms with Crippen LogP contribution in [0.4, 0.5) is 5.69 Å². The Balaban J connectivity index is 1.56. The van der Waals surface area contributed by atoms with Crippen molar-refractivity contribution < 1.29 is 9.34 Å². The molecular weight excluding hydrogens is 320 g/mol. The average Bonchev–Trinajstić information content (AvgIpc) is 2.88. The van der Waals surface area contributed by atoms with E-state index in [4.69, 9.17) is 4.42 Å². The molecule has 25 heavy (non-hydrogen) atoms. The number of benzene rings is 1. The van der Waals surface area contributed by atoms with Crippen LogP contribution in [0.15, 0.2) is 22.6 Å². The Bertz CT molecular complexity index is 744. The van der Waals surface area contributed by atoms with Crippen molar-refractivity contribution in [2.45, 2.75) is 33.9 Å². The third-order valence-corrected chi connectivity index (χ3v) is 4.90. The lowest BCUT2D eigenvalue weighted by Crippen LogP contribution is -2.45. The van der Waals surface area contributed by atoms with Crippen LogP contribution in [0, 0.1) is 30.9 Å². The minimum Gasteiger partial charge on any atom is -0.444 e. The highest BCUT2D eigenvalue weighted by atomic mass is 16.6. The molecule has 0 N–H and O–H groups in total. The maximum absolute atomic E-state index is 11.1. The fourth-order valence-electron chi connectivity index (χ4n) is 3.18. The summed E-state index contributed by atoms with van der Waals surface area (Å²) in [6.07, 6.45) is 0. The van der Waals surface area contributed by atoms with Crippen LogP contribution in [0.2, 0.25) is 0 Å². The van der Waals surface area contributed by atoms with Crippen LogP contribution in [0.5, 0.6) is 0 Å². The number of piperazine rings is 1. The van der Waals surface area contributed by atoms with Gasteiger partial charge < -0.3 is 4.42 Å². The van der Waals surface area contributed by atoms with Crippen molar-refractivity contribution in [3.8, 4) is 0 Å². The summed E-state index contributed by atoms with van der Waals surface area (Å²) < 4.78 is 5.66. The topological polar surface area (TPSA) is 75.7 Å². The molecule has 1 fully saturated rings. The van der Waals surface area contributed by atoms with E-state index in [1.165, 1.54) is 0 Å². The van der Waals surface area contributed by atoms with Crippen LogP contribution in [-0.4, -0.2) is 45.9 Å². The van der Waals surface area contributed by atoms with E-state index < -0.39 is 0 Å². The fourth-order valence-corrected chi connectivity index (χ4v) is 3.18. The van der Waals surface area contributed by atoms with Crippen molar-refractivity contribution >= 4 is 5.69 Å². The number of nitro groups is 1. The summed E-state index contributed by atoms with van der Waals surface area (Å²) in [7, 11) is 0. The predicted molar refractivity (Wildman–Crippen MR) is 94.4 cm³/mol. The van der Waals surface area contributed by atoms with E-state index in [9.17, 15) is 10.1 Å². The lowest BCUT2D eigenvalue weighted by Gasteiger charge is -2.34. The van der Waals surface area contributed by atoms with Gasteiger partial charge in [-0.05, 0) is 26.3 Å². The van der Waals surface area contributed by atoms with E-state index in [1.54, 1.807) is 12.1 Å². The Kier molecular flexibility index (Phi) is 5.15. The highest BCUT2D eigenvalue weighted by Crippen LogP contribution is 2.23. The Hall–Kier alpha value is -2.25. The van der Waals surface area contributed by atoms with E-state index in [0.717, 1.165) is 67.7 Å². The lowest BCUT2D eigenvalue weighted by molar-refractivity contribution is -0.385. The monoisotopic (exact) mass is 344 g/mol. The first-order valence-corrected chi connectivity index (χ1v) is 8.54. The van der Waals surface area contributed by atoms with Crippen molar-refractivity contribution in [1.82, 2.24) is 14.8 Å². The van der Waals surface area contributed by atoms with Crippen molar-refractivity contribution in [1.29, 1.82) is 0 Å². The van der Waals surface area contributed by atoms with E-state index in [0.29, 0.717) is 0 Å². The molecule has 0 saturated carbocycles. The van der Waals surface area contributed by atoms with Gasteiger partial charge in [0.25, 0.3) is 5.69 Å². The highest BCUT2D eigenvalue weighted by molar-refractivity contribution is 5.44. The first-order valence-electron chi connectivity index (χ1n) is 8.54. The predicted octanol–water partition coefficient (Wildman–Crippen LogP) is 2.83. The molecule has 1 saturated heterocycles. The third kappa shape index (κ3) is 4.05. The van der Waals surface area contributed by atoms with E-state index >= 15 is 0 Å². The van der Waals surface area contributed by atoms with Gasteiger partial charge in [0.2, 0.25) is 5.89 Å². The zero-order valence-electron chi connectivity index (χ0n) is 15.0. The largest absolute Gasteiger partial charge is 0.444 e. The number of nitrogens with zero attached hydrogens (tertiary/aromatic N) is 4. The number of aromatic nitrogens is 1. The van der Waals surface area contributed by atoms with E-state index in [1.807, 2.05) is 26.8 Å². The molecule has 0 aliphatic carbocycles. The molecule has 2 heterocycles. The zero-order valence-corrected chi connectivity index (χ0v) is 15.0. The summed E-state index contributed by atoms with van der Waals surface area (Å²) in [5, 5.41) is 11.1. The standard InChI is InChI=1S/C18H24N4O3/c1-13-16(5-4-6-17(13)22(23)24)11-20-7-9-21(10-8-20)12-18-19-14(2)15(3)25-18/h4-6H,7-12H2,1-3H3. The molecule has 0 amide bonds. The normalized spacial score (nSPS) is 16.3. The van der Waals surface area contributed by atoms with Crippen molar-refractivity contribution in [2.24, 2.45) is 0 Å². The Morgan fingerprint density at radius 1 is 1.12 bits per heavy atom. The Labute approximate surface area is 147 Å². The third-order valence-electron chi connectivity index (χ3n) is 4.90. The molecule has 3 rings (SSSR count). The first kappa shape index (κ1) is 17.6. The zero-order chi connectivity index (χ0) is 18.0. The molecule has 0 bridgehead atoms. The minimum atomic E-state index is -0.308. The van der Waals surface area contributed by atoms with Crippen LogP contribution in [-0.2, 0) is 13.1 Å². The molecule has 0 unspecified atom stereocenters. The number of hydrogen-bond donors (Lipinski definition) is 0. The van der Waals surface area contributed by atoms with Gasteiger partial charge in [-0.3, -0.25) is 19.9 Å². The lowest BCUT2D eigenvalue weighted by atomic mass is 10.1. The number of rotatable bonds is 5. The molecule has 0 spiro atoms. The number of oxazole rings is 1. The molecule has 1 aliphatic heterocycles. The quantitative estimate of drug-likeness (QED) is 0.613. The van der Waals surface area contributed by atoms with Crippen LogP contribution in [0.25, 0.3) is 0 Å². The van der Waals surface area contributed by atoms with Gasteiger partial charge in [0.05, 0.1) is 17.2 Å². The van der Waals surface area contributed by atoms with Gasteiger partial charge in [0.1, 0.15) is 5.76 Å². The van der Waals surface area contributed by atoms with E-state index in [-0.39, 0.29) is 10.6 Å². The molecule has 0 radical (unpaired) electrons. The first-order chi connectivity index (χ1) is 11.9. The van der Waals surface area contributed by atoms with Crippen LogP contribution >= 0.6 is 0 Å². The van der Waals surface area contributed by atoms with Gasteiger partial charge in [-0.25, -0.2) is 4.98 Å². The van der Waals surface area contributed by atoms with Gasteiger partial charge >= 0.3 is 0 Å². The number of hydrogen-bond acceptors (Lipinski definition) is 6. The number of nitro benzene ring substituents is 1. The summed E-state index contributed by atoms with van der Waals surface area (Å²) >= 11 is 0. The SMILES string of the molecule is Cc1nc(CN2CCN(Cc3cccc([N+](=O)[O-])c3C)CC2)oc1C. The van der Waals surface area contributed by atoms with Gasteiger partial charge in [0, 0.05) is 44.4 Å². The second-order valence-electron chi connectivity index (χ2n) is 6.62.